The number of benzene rings is 1. The Morgan fingerprint density at radius 1 is 1.22 bits per heavy atom. The van der Waals surface area contributed by atoms with Gasteiger partial charge >= 0.3 is 0 Å². The lowest BCUT2D eigenvalue weighted by molar-refractivity contribution is 0.465. The van der Waals surface area contributed by atoms with E-state index >= 15 is 0 Å². The second-order valence-electron chi connectivity index (χ2n) is 4.35. The molecule has 0 atom stereocenters. The number of hydrogen-bond acceptors (Lipinski definition) is 2. The summed E-state index contributed by atoms with van der Waals surface area (Å²) >= 11 is 0. The molecular formula is C12H17FN2O2S. The molecule has 0 spiro atoms. The van der Waals surface area contributed by atoms with Crippen LogP contribution in [0.15, 0.2) is 24.3 Å². The normalized spacial score (nSPS) is 17.2. The molecule has 0 unspecified atom stereocenters. The molecule has 0 aliphatic carbocycles. The third-order valence-corrected chi connectivity index (χ3v) is 4.66. The Labute approximate surface area is 107 Å². The van der Waals surface area contributed by atoms with Crippen molar-refractivity contribution >= 4 is 10.2 Å². The Kier molecular flexibility index (Phi) is 4.31. The third kappa shape index (κ3) is 3.28. The van der Waals surface area contributed by atoms with E-state index in [1.54, 1.807) is 18.2 Å². The van der Waals surface area contributed by atoms with Crippen LogP contribution in [-0.2, 0) is 16.6 Å². The predicted octanol–water partition coefficient (Wildman–Crippen LogP) is 1.30. The van der Waals surface area contributed by atoms with Crippen molar-refractivity contribution in [2.75, 3.05) is 19.6 Å². The minimum absolute atomic E-state index is 0.222. The predicted molar refractivity (Wildman–Crippen MR) is 67.8 cm³/mol. The molecule has 1 aromatic rings. The van der Waals surface area contributed by atoms with E-state index in [0.717, 1.165) is 12.8 Å². The monoisotopic (exact) mass is 272 g/mol. The summed E-state index contributed by atoms with van der Waals surface area (Å²) in [4.78, 5) is 0. The SMILES string of the molecule is O=S(=O)(NCCc1ccccc1F)N1CCCC1. The molecule has 1 aliphatic heterocycles. The van der Waals surface area contributed by atoms with E-state index in [1.807, 2.05) is 0 Å². The van der Waals surface area contributed by atoms with Gasteiger partial charge in [-0.3, -0.25) is 0 Å². The van der Waals surface area contributed by atoms with E-state index in [-0.39, 0.29) is 12.4 Å². The van der Waals surface area contributed by atoms with Crippen LogP contribution in [0.5, 0.6) is 0 Å². The van der Waals surface area contributed by atoms with Gasteiger partial charge in [0.2, 0.25) is 0 Å². The lowest BCUT2D eigenvalue weighted by Gasteiger charge is -2.16. The average molecular weight is 272 g/mol. The summed E-state index contributed by atoms with van der Waals surface area (Å²) in [5.41, 5.74) is 0.529. The van der Waals surface area contributed by atoms with Gasteiger partial charge in [0, 0.05) is 19.6 Å². The van der Waals surface area contributed by atoms with Crippen LogP contribution in [0.2, 0.25) is 0 Å². The summed E-state index contributed by atoms with van der Waals surface area (Å²) in [5.74, 6) is -0.294. The molecule has 2 rings (SSSR count). The Morgan fingerprint density at radius 2 is 1.89 bits per heavy atom. The summed E-state index contributed by atoms with van der Waals surface area (Å²) in [7, 11) is -3.38. The van der Waals surface area contributed by atoms with E-state index in [2.05, 4.69) is 4.72 Å². The van der Waals surface area contributed by atoms with E-state index in [4.69, 9.17) is 0 Å². The van der Waals surface area contributed by atoms with Crippen molar-refractivity contribution in [3.8, 4) is 0 Å². The molecule has 1 heterocycles. The van der Waals surface area contributed by atoms with Crippen LogP contribution in [0.3, 0.4) is 0 Å². The maximum Gasteiger partial charge on any atom is 0.279 e. The van der Waals surface area contributed by atoms with Crippen molar-refractivity contribution in [2.24, 2.45) is 0 Å². The Balaban J connectivity index is 1.87. The maximum atomic E-state index is 13.3. The van der Waals surface area contributed by atoms with E-state index in [0.29, 0.717) is 25.1 Å². The molecule has 18 heavy (non-hydrogen) atoms. The van der Waals surface area contributed by atoms with Crippen LogP contribution in [0.1, 0.15) is 18.4 Å². The van der Waals surface area contributed by atoms with Crippen LogP contribution in [-0.4, -0.2) is 32.4 Å². The van der Waals surface area contributed by atoms with Gasteiger partial charge in [-0.1, -0.05) is 18.2 Å². The lowest BCUT2D eigenvalue weighted by Crippen LogP contribution is -2.39. The lowest BCUT2D eigenvalue weighted by atomic mass is 10.1. The molecular weight excluding hydrogens is 255 g/mol. The van der Waals surface area contributed by atoms with Gasteiger partial charge in [0.1, 0.15) is 5.82 Å². The van der Waals surface area contributed by atoms with Gasteiger partial charge in [0.25, 0.3) is 10.2 Å². The van der Waals surface area contributed by atoms with Crippen LogP contribution >= 0.6 is 0 Å². The van der Waals surface area contributed by atoms with Crippen LogP contribution < -0.4 is 4.72 Å². The van der Waals surface area contributed by atoms with Crippen LogP contribution in [0.25, 0.3) is 0 Å². The maximum absolute atomic E-state index is 13.3. The van der Waals surface area contributed by atoms with Crippen molar-refractivity contribution in [1.82, 2.24) is 9.03 Å². The van der Waals surface area contributed by atoms with Gasteiger partial charge < -0.3 is 0 Å². The molecule has 0 bridgehead atoms. The highest BCUT2D eigenvalue weighted by Gasteiger charge is 2.24. The Morgan fingerprint density at radius 3 is 2.56 bits per heavy atom. The third-order valence-electron chi connectivity index (χ3n) is 3.04. The summed E-state index contributed by atoms with van der Waals surface area (Å²) in [6.45, 7) is 1.38. The molecule has 1 N–H and O–H groups in total. The highest BCUT2D eigenvalue weighted by atomic mass is 32.2. The topological polar surface area (TPSA) is 49.4 Å². The van der Waals surface area contributed by atoms with Crippen molar-refractivity contribution in [2.45, 2.75) is 19.3 Å². The molecule has 1 aromatic carbocycles. The quantitative estimate of drug-likeness (QED) is 0.878. The van der Waals surface area contributed by atoms with Crippen LogP contribution in [0, 0.1) is 5.82 Å². The number of rotatable bonds is 5. The van der Waals surface area contributed by atoms with Gasteiger partial charge in [-0.05, 0) is 30.9 Å². The number of nitrogens with zero attached hydrogens (tertiary/aromatic N) is 1. The Bertz CT molecular complexity index is 499. The molecule has 0 aromatic heterocycles. The van der Waals surface area contributed by atoms with Gasteiger partial charge in [-0.15, -0.1) is 0 Å². The number of halogens is 1. The van der Waals surface area contributed by atoms with Crippen molar-refractivity contribution in [3.63, 3.8) is 0 Å². The minimum atomic E-state index is -3.38. The van der Waals surface area contributed by atoms with Gasteiger partial charge in [0.05, 0.1) is 0 Å². The zero-order chi connectivity index (χ0) is 13.0. The van der Waals surface area contributed by atoms with Gasteiger partial charge in [-0.25, -0.2) is 9.11 Å². The molecule has 1 saturated heterocycles. The van der Waals surface area contributed by atoms with Crippen molar-refractivity contribution in [3.05, 3.63) is 35.6 Å². The summed E-state index contributed by atoms with van der Waals surface area (Å²) in [6.07, 6.45) is 2.18. The Hall–Kier alpha value is -0.980. The van der Waals surface area contributed by atoms with Crippen molar-refractivity contribution < 1.29 is 12.8 Å². The average Bonchev–Trinajstić information content (AvgIpc) is 2.86. The minimum Gasteiger partial charge on any atom is -0.207 e. The molecule has 1 fully saturated rings. The smallest absolute Gasteiger partial charge is 0.207 e. The molecule has 100 valence electrons. The number of hydrogen-bond donors (Lipinski definition) is 1. The summed E-state index contributed by atoms with van der Waals surface area (Å²) in [6, 6.07) is 6.41. The number of nitrogens with one attached hydrogen (secondary N) is 1. The summed E-state index contributed by atoms with van der Waals surface area (Å²) in [5, 5.41) is 0. The fourth-order valence-corrected chi connectivity index (χ4v) is 3.32. The first-order valence-electron chi connectivity index (χ1n) is 6.08. The fourth-order valence-electron chi connectivity index (χ4n) is 2.04. The largest absolute Gasteiger partial charge is 0.279 e. The van der Waals surface area contributed by atoms with Crippen LogP contribution in [0.4, 0.5) is 4.39 Å². The van der Waals surface area contributed by atoms with E-state index in [9.17, 15) is 12.8 Å². The second-order valence-corrected chi connectivity index (χ2v) is 6.10. The molecule has 6 heteroatoms. The standard InChI is InChI=1S/C12H17FN2O2S/c13-12-6-2-1-5-11(12)7-8-14-18(16,17)15-9-3-4-10-15/h1-2,5-6,14H,3-4,7-10H2. The first kappa shape index (κ1) is 13.5. The zero-order valence-corrected chi connectivity index (χ0v) is 10.9. The van der Waals surface area contributed by atoms with Gasteiger partial charge in [0.15, 0.2) is 0 Å². The molecule has 4 nitrogen and oxygen atoms in total. The summed E-state index contributed by atoms with van der Waals surface area (Å²) < 4.78 is 40.9. The molecule has 1 aliphatic rings. The van der Waals surface area contributed by atoms with Gasteiger partial charge in [-0.2, -0.15) is 12.7 Å². The first-order chi connectivity index (χ1) is 8.59. The highest BCUT2D eigenvalue weighted by molar-refractivity contribution is 7.87. The zero-order valence-electron chi connectivity index (χ0n) is 10.1. The van der Waals surface area contributed by atoms with E-state index in [1.165, 1.54) is 10.4 Å². The van der Waals surface area contributed by atoms with Crippen molar-refractivity contribution in [1.29, 1.82) is 0 Å². The second kappa shape index (κ2) is 5.77. The highest BCUT2D eigenvalue weighted by Crippen LogP contribution is 2.11. The first-order valence-corrected chi connectivity index (χ1v) is 7.52. The molecule has 0 saturated carbocycles. The molecule has 0 amide bonds. The van der Waals surface area contributed by atoms with E-state index < -0.39 is 10.2 Å². The fraction of sp³-hybridized carbons (Fsp3) is 0.500. The molecule has 0 radical (unpaired) electrons.